The fourth-order valence-corrected chi connectivity index (χ4v) is 2.25. The Morgan fingerprint density at radius 2 is 2.09 bits per heavy atom. The Kier molecular flexibility index (Phi) is 6.56. The molecule has 0 aliphatic heterocycles. The summed E-state index contributed by atoms with van der Waals surface area (Å²) in [5, 5.41) is 6.19. The van der Waals surface area contributed by atoms with Gasteiger partial charge in [0, 0.05) is 37.8 Å². The molecule has 0 saturated heterocycles. The van der Waals surface area contributed by atoms with Crippen LogP contribution < -0.4 is 10.6 Å². The number of nitrogens with zero attached hydrogens (tertiary/aromatic N) is 1. The molecule has 122 valence electrons. The summed E-state index contributed by atoms with van der Waals surface area (Å²) in [7, 11) is 1.65. The number of aryl methyl sites for hydroxylation is 1. The molecule has 23 heavy (non-hydrogen) atoms. The van der Waals surface area contributed by atoms with Crippen molar-refractivity contribution >= 4 is 17.3 Å². The maximum absolute atomic E-state index is 12.1. The second kappa shape index (κ2) is 8.90. The molecule has 1 amide bonds. The number of amides is 1. The second-order valence-corrected chi connectivity index (χ2v) is 5.17. The minimum Gasteiger partial charge on any atom is -0.385 e. The monoisotopic (exact) mass is 313 g/mol. The summed E-state index contributed by atoms with van der Waals surface area (Å²) in [4.78, 5) is 16.2. The number of carbonyl (C=O) groups is 1. The minimum absolute atomic E-state index is 0.173. The molecule has 0 aliphatic rings. The summed E-state index contributed by atoms with van der Waals surface area (Å²) in [5.41, 5.74) is 3.53. The van der Waals surface area contributed by atoms with Crippen molar-refractivity contribution in [2.24, 2.45) is 0 Å². The van der Waals surface area contributed by atoms with Gasteiger partial charge in [-0.05, 0) is 36.6 Å². The first-order valence-electron chi connectivity index (χ1n) is 7.82. The van der Waals surface area contributed by atoms with Crippen LogP contribution in [0.25, 0.3) is 0 Å². The van der Waals surface area contributed by atoms with Gasteiger partial charge in [-0.25, -0.2) is 0 Å². The molecule has 1 heterocycles. The third kappa shape index (κ3) is 5.07. The number of benzene rings is 1. The van der Waals surface area contributed by atoms with Crippen molar-refractivity contribution in [2.45, 2.75) is 19.8 Å². The quantitative estimate of drug-likeness (QED) is 0.735. The highest BCUT2D eigenvalue weighted by Gasteiger charge is 2.08. The van der Waals surface area contributed by atoms with Crippen LogP contribution in [0.15, 0.2) is 42.6 Å². The number of rotatable bonds is 8. The van der Waals surface area contributed by atoms with Gasteiger partial charge in [0.15, 0.2) is 0 Å². The number of carbonyl (C=O) groups excluding carboxylic acids is 1. The fraction of sp³-hybridized carbons (Fsp3) is 0.333. The first-order chi connectivity index (χ1) is 11.2. The summed E-state index contributed by atoms with van der Waals surface area (Å²) < 4.78 is 4.96. The van der Waals surface area contributed by atoms with Gasteiger partial charge in [-0.1, -0.05) is 25.1 Å². The number of pyridine rings is 1. The number of para-hydroxylation sites is 1. The maximum Gasteiger partial charge on any atom is 0.269 e. The largest absolute Gasteiger partial charge is 0.385 e. The van der Waals surface area contributed by atoms with Gasteiger partial charge in [0.1, 0.15) is 5.69 Å². The normalized spacial score (nSPS) is 10.3. The van der Waals surface area contributed by atoms with E-state index in [4.69, 9.17) is 4.74 Å². The first kappa shape index (κ1) is 17.0. The Morgan fingerprint density at radius 1 is 1.26 bits per heavy atom. The lowest BCUT2D eigenvalue weighted by atomic mass is 10.1. The lowest BCUT2D eigenvalue weighted by molar-refractivity contribution is 0.0943. The predicted molar refractivity (Wildman–Crippen MR) is 92.2 cm³/mol. The minimum atomic E-state index is -0.173. The van der Waals surface area contributed by atoms with E-state index in [9.17, 15) is 4.79 Å². The topological polar surface area (TPSA) is 63.2 Å². The molecule has 2 rings (SSSR count). The van der Waals surface area contributed by atoms with Gasteiger partial charge in [-0.2, -0.15) is 0 Å². The molecular weight excluding hydrogens is 290 g/mol. The standard InChI is InChI=1S/C18H23N3O2/c1-3-14-7-4-5-8-16(14)21-15-9-11-19-17(13-15)18(22)20-10-6-12-23-2/h4-5,7-9,11,13H,3,6,10,12H2,1-2H3,(H,19,21)(H,20,22). The highest BCUT2D eigenvalue weighted by Crippen LogP contribution is 2.21. The van der Waals surface area contributed by atoms with Crippen LogP contribution in [-0.2, 0) is 11.2 Å². The Labute approximate surface area is 137 Å². The van der Waals surface area contributed by atoms with Gasteiger partial charge in [0.2, 0.25) is 0 Å². The third-order valence-electron chi connectivity index (χ3n) is 3.48. The van der Waals surface area contributed by atoms with E-state index in [0.717, 1.165) is 24.2 Å². The van der Waals surface area contributed by atoms with E-state index in [2.05, 4.69) is 28.6 Å². The molecule has 0 fully saturated rings. The number of aromatic nitrogens is 1. The van der Waals surface area contributed by atoms with Crippen LogP contribution in [0.2, 0.25) is 0 Å². The molecule has 2 N–H and O–H groups in total. The molecule has 0 bridgehead atoms. The Morgan fingerprint density at radius 3 is 2.87 bits per heavy atom. The van der Waals surface area contributed by atoms with Crippen LogP contribution in [0.4, 0.5) is 11.4 Å². The summed E-state index contributed by atoms with van der Waals surface area (Å²) in [6, 6.07) is 11.8. The highest BCUT2D eigenvalue weighted by molar-refractivity contribution is 5.93. The molecule has 5 heteroatoms. The molecule has 0 radical (unpaired) electrons. The van der Waals surface area contributed by atoms with Gasteiger partial charge >= 0.3 is 0 Å². The number of hydrogen-bond donors (Lipinski definition) is 2. The van der Waals surface area contributed by atoms with Crippen LogP contribution >= 0.6 is 0 Å². The number of hydrogen-bond acceptors (Lipinski definition) is 4. The van der Waals surface area contributed by atoms with Crippen molar-refractivity contribution < 1.29 is 9.53 Å². The zero-order valence-electron chi connectivity index (χ0n) is 13.6. The second-order valence-electron chi connectivity index (χ2n) is 5.17. The van der Waals surface area contributed by atoms with Crippen LogP contribution in [0.5, 0.6) is 0 Å². The number of ether oxygens (including phenoxy) is 1. The van der Waals surface area contributed by atoms with Gasteiger partial charge in [0.25, 0.3) is 5.91 Å². The SMILES string of the molecule is CCc1ccccc1Nc1ccnc(C(=O)NCCCOC)c1. The molecule has 0 atom stereocenters. The zero-order chi connectivity index (χ0) is 16.5. The molecule has 0 aliphatic carbocycles. The number of anilines is 2. The Balaban J connectivity index is 2.03. The van der Waals surface area contributed by atoms with Crippen molar-refractivity contribution in [1.82, 2.24) is 10.3 Å². The summed E-state index contributed by atoms with van der Waals surface area (Å²) >= 11 is 0. The van der Waals surface area contributed by atoms with E-state index in [1.54, 1.807) is 19.4 Å². The van der Waals surface area contributed by atoms with Crippen molar-refractivity contribution in [3.05, 3.63) is 53.9 Å². The van der Waals surface area contributed by atoms with Gasteiger partial charge in [-0.3, -0.25) is 9.78 Å². The summed E-state index contributed by atoms with van der Waals surface area (Å²) in [6.45, 7) is 3.32. The lowest BCUT2D eigenvalue weighted by Gasteiger charge is -2.11. The van der Waals surface area contributed by atoms with Crippen LogP contribution in [0.3, 0.4) is 0 Å². The predicted octanol–water partition coefficient (Wildman–Crippen LogP) is 3.15. The highest BCUT2D eigenvalue weighted by atomic mass is 16.5. The van der Waals surface area contributed by atoms with E-state index in [1.807, 2.05) is 24.3 Å². The first-order valence-corrected chi connectivity index (χ1v) is 7.82. The van der Waals surface area contributed by atoms with Crippen molar-refractivity contribution in [3.63, 3.8) is 0 Å². The van der Waals surface area contributed by atoms with E-state index < -0.39 is 0 Å². The van der Waals surface area contributed by atoms with Crippen LogP contribution in [-0.4, -0.2) is 31.2 Å². The number of nitrogens with one attached hydrogen (secondary N) is 2. The fourth-order valence-electron chi connectivity index (χ4n) is 2.25. The van der Waals surface area contributed by atoms with Crippen LogP contribution in [0.1, 0.15) is 29.4 Å². The number of methoxy groups -OCH3 is 1. The van der Waals surface area contributed by atoms with Crippen molar-refractivity contribution in [3.8, 4) is 0 Å². The smallest absolute Gasteiger partial charge is 0.269 e. The molecule has 0 spiro atoms. The van der Waals surface area contributed by atoms with E-state index in [1.165, 1.54) is 5.56 Å². The van der Waals surface area contributed by atoms with E-state index in [0.29, 0.717) is 18.8 Å². The molecule has 1 aromatic carbocycles. The molecule has 2 aromatic rings. The summed E-state index contributed by atoms with van der Waals surface area (Å²) in [5.74, 6) is -0.173. The Hall–Kier alpha value is -2.40. The lowest BCUT2D eigenvalue weighted by Crippen LogP contribution is -2.26. The van der Waals surface area contributed by atoms with Gasteiger partial charge in [0.05, 0.1) is 0 Å². The van der Waals surface area contributed by atoms with Gasteiger partial charge in [-0.15, -0.1) is 0 Å². The molecular formula is C18H23N3O2. The average molecular weight is 313 g/mol. The molecule has 0 unspecified atom stereocenters. The molecule has 1 aromatic heterocycles. The average Bonchev–Trinajstić information content (AvgIpc) is 2.59. The van der Waals surface area contributed by atoms with Gasteiger partial charge < -0.3 is 15.4 Å². The van der Waals surface area contributed by atoms with Crippen molar-refractivity contribution in [1.29, 1.82) is 0 Å². The zero-order valence-corrected chi connectivity index (χ0v) is 13.6. The van der Waals surface area contributed by atoms with Crippen molar-refractivity contribution in [2.75, 3.05) is 25.6 Å². The Bertz CT molecular complexity index is 644. The maximum atomic E-state index is 12.1. The van der Waals surface area contributed by atoms with E-state index in [-0.39, 0.29) is 5.91 Å². The third-order valence-corrected chi connectivity index (χ3v) is 3.48. The summed E-state index contributed by atoms with van der Waals surface area (Å²) in [6.07, 6.45) is 3.37. The van der Waals surface area contributed by atoms with E-state index >= 15 is 0 Å². The molecule has 5 nitrogen and oxygen atoms in total. The van der Waals surface area contributed by atoms with Crippen LogP contribution in [0, 0.1) is 0 Å². The molecule has 0 saturated carbocycles.